The van der Waals surface area contributed by atoms with Gasteiger partial charge in [0.05, 0.1) is 0 Å². The van der Waals surface area contributed by atoms with Crippen molar-refractivity contribution in [3.63, 3.8) is 0 Å². The number of benzene rings is 1. The molecule has 19 heavy (non-hydrogen) atoms. The van der Waals surface area contributed by atoms with Gasteiger partial charge in [-0.15, -0.1) is 0 Å². The zero-order valence-corrected chi connectivity index (χ0v) is 13.8. The Balaban J connectivity index is 2.26. The Labute approximate surface area is 125 Å². The van der Waals surface area contributed by atoms with Gasteiger partial charge in [-0.05, 0) is 63.4 Å². The lowest BCUT2D eigenvalue weighted by atomic mass is 10.0. The van der Waals surface area contributed by atoms with Gasteiger partial charge in [0.25, 0.3) is 0 Å². The summed E-state index contributed by atoms with van der Waals surface area (Å²) in [7, 11) is 0. The molecule has 1 N–H and O–H groups in total. The highest BCUT2D eigenvalue weighted by Gasteiger charge is 2.24. The molecule has 2 atom stereocenters. The minimum absolute atomic E-state index is 0.403. The molecule has 106 valence electrons. The van der Waals surface area contributed by atoms with Gasteiger partial charge in [0.15, 0.2) is 0 Å². The topological polar surface area (TPSA) is 15.3 Å². The molecular formula is C16H25BrN2. The van der Waals surface area contributed by atoms with E-state index in [-0.39, 0.29) is 0 Å². The van der Waals surface area contributed by atoms with Gasteiger partial charge in [-0.2, -0.15) is 0 Å². The second-order valence-corrected chi connectivity index (χ2v) is 6.48. The van der Waals surface area contributed by atoms with Crippen molar-refractivity contribution in [1.29, 1.82) is 0 Å². The molecule has 1 aliphatic rings. The van der Waals surface area contributed by atoms with Crippen LogP contribution in [0.4, 0.5) is 5.69 Å². The summed E-state index contributed by atoms with van der Waals surface area (Å²) in [6.07, 6.45) is 3.80. The maximum atomic E-state index is 3.61. The lowest BCUT2D eigenvalue weighted by Gasteiger charge is -2.29. The molecule has 0 spiro atoms. The van der Waals surface area contributed by atoms with E-state index in [9.17, 15) is 0 Å². The summed E-state index contributed by atoms with van der Waals surface area (Å²) in [5.41, 5.74) is 2.82. The zero-order chi connectivity index (χ0) is 13.8. The van der Waals surface area contributed by atoms with Crippen LogP contribution < -0.4 is 10.2 Å². The van der Waals surface area contributed by atoms with Gasteiger partial charge in [0.2, 0.25) is 0 Å². The summed E-state index contributed by atoms with van der Waals surface area (Å²) in [5, 5.41) is 3.61. The number of hydrogen-bond acceptors (Lipinski definition) is 2. The molecule has 1 saturated heterocycles. The standard InChI is InChI=1S/C16H25BrN2/c1-4-9-18-13(3)15-11-14(17)7-8-16(15)19-10-5-6-12(19)2/h7-8,11-13,18H,4-6,9-10H2,1-3H3. The predicted octanol–water partition coefficient (Wildman–Crippen LogP) is 4.50. The smallest absolute Gasteiger partial charge is 0.0417 e. The maximum Gasteiger partial charge on any atom is 0.0417 e. The monoisotopic (exact) mass is 324 g/mol. The zero-order valence-electron chi connectivity index (χ0n) is 12.2. The van der Waals surface area contributed by atoms with E-state index in [0.29, 0.717) is 12.1 Å². The molecule has 1 aromatic rings. The molecule has 0 radical (unpaired) electrons. The van der Waals surface area contributed by atoms with Gasteiger partial charge >= 0.3 is 0 Å². The third-order valence-electron chi connectivity index (χ3n) is 4.02. The Kier molecular flexibility index (Phi) is 5.28. The fraction of sp³-hybridized carbons (Fsp3) is 0.625. The van der Waals surface area contributed by atoms with Crippen molar-refractivity contribution in [3.05, 3.63) is 28.2 Å². The van der Waals surface area contributed by atoms with Crippen LogP contribution >= 0.6 is 15.9 Å². The van der Waals surface area contributed by atoms with Crippen LogP contribution in [0.2, 0.25) is 0 Å². The summed E-state index contributed by atoms with van der Waals surface area (Å²) >= 11 is 3.61. The highest BCUT2D eigenvalue weighted by molar-refractivity contribution is 9.10. The summed E-state index contributed by atoms with van der Waals surface area (Å²) in [5.74, 6) is 0. The Morgan fingerprint density at radius 3 is 2.89 bits per heavy atom. The van der Waals surface area contributed by atoms with Crippen molar-refractivity contribution < 1.29 is 0 Å². The first-order valence-corrected chi connectivity index (χ1v) is 8.22. The lowest BCUT2D eigenvalue weighted by Crippen LogP contribution is -2.29. The first-order valence-electron chi connectivity index (χ1n) is 7.43. The largest absolute Gasteiger partial charge is 0.369 e. The van der Waals surface area contributed by atoms with E-state index >= 15 is 0 Å². The van der Waals surface area contributed by atoms with Crippen molar-refractivity contribution >= 4 is 21.6 Å². The number of rotatable bonds is 5. The fourth-order valence-corrected chi connectivity index (χ4v) is 3.27. The fourth-order valence-electron chi connectivity index (χ4n) is 2.90. The van der Waals surface area contributed by atoms with Crippen LogP contribution in [0.1, 0.15) is 51.6 Å². The van der Waals surface area contributed by atoms with Crippen molar-refractivity contribution in [2.24, 2.45) is 0 Å². The first-order chi connectivity index (χ1) is 9.13. The van der Waals surface area contributed by atoms with Crippen LogP contribution in [0.25, 0.3) is 0 Å². The van der Waals surface area contributed by atoms with Gasteiger partial charge in [0.1, 0.15) is 0 Å². The molecule has 2 unspecified atom stereocenters. The second kappa shape index (κ2) is 6.76. The third-order valence-corrected chi connectivity index (χ3v) is 4.51. The van der Waals surface area contributed by atoms with E-state index in [1.54, 1.807) is 0 Å². The molecule has 1 heterocycles. The Morgan fingerprint density at radius 2 is 2.26 bits per heavy atom. The van der Waals surface area contributed by atoms with E-state index in [2.05, 4.69) is 65.1 Å². The summed E-state index contributed by atoms with van der Waals surface area (Å²) in [6.45, 7) is 9.08. The van der Waals surface area contributed by atoms with E-state index in [1.807, 2.05) is 0 Å². The van der Waals surface area contributed by atoms with E-state index in [1.165, 1.54) is 41.5 Å². The van der Waals surface area contributed by atoms with Crippen LogP contribution in [0.3, 0.4) is 0 Å². The summed E-state index contributed by atoms with van der Waals surface area (Å²) in [6, 6.07) is 7.77. The van der Waals surface area contributed by atoms with Gasteiger partial charge in [0, 0.05) is 28.8 Å². The second-order valence-electron chi connectivity index (χ2n) is 5.56. The molecule has 1 aliphatic heterocycles. The third kappa shape index (κ3) is 3.51. The molecule has 0 aliphatic carbocycles. The van der Waals surface area contributed by atoms with E-state index in [0.717, 1.165) is 6.54 Å². The van der Waals surface area contributed by atoms with Crippen LogP contribution in [0.15, 0.2) is 22.7 Å². The number of nitrogens with one attached hydrogen (secondary N) is 1. The van der Waals surface area contributed by atoms with Crippen molar-refractivity contribution in [2.75, 3.05) is 18.0 Å². The molecule has 1 fully saturated rings. The Hall–Kier alpha value is -0.540. The molecular weight excluding hydrogens is 300 g/mol. The minimum Gasteiger partial charge on any atom is -0.369 e. The van der Waals surface area contributed by atoms with Gasteiger partial charge in [-0.25, -0.2) is 0 Å². The highest BCUT2D eigenvalue weighted by Crippen LogP contribution is 2.33. The van der Waals surface area contributed by atoms with Gasteiger partial charge in [-0.3, -0.25) is 0 Å². The Bertz CT molecular complexity index is 419. The molecule has 3 heteroatoms. The molecule has 1 aromatic carbocycles. The number of hydrogen-bond donors (Lipinski definition) is 1. The van der Waals surface area contributed by atoms with Crippen LogP contribution in [-0.2, 0) is 0 Å². The predicted molar refractivity (Wildman–Crippen MR) is 86.9 cm³/mol. The van der Waals surface area contributed by atoms with Crippen LogP contribution in [-0.4, -0.2) is 19.1 Å². The molecule has 0 amide bonds. The normalized spacial score (nSPS) is 20.8. The minimum atomic E-state index is 0.403. The molecule has 2 nitrogen and oxygen atoms in total. The van der Waals surface area contributed by atoms with Crippen LogP contribution in [0, 0.1) is 0 Å². The molecule has 0 bridgehead atoms. The highest BCUT2D eigenvalue weighted by atomic mass is 79.9. The average Bonchev–Trinajstić information content (AvgIpc) is 2.82. The van der Waals surface area contributed by atoms with Crippen molar-refractivity contribution in [3.8, 4) is 0 Å². The van der Waals surface area contributed by atoms with Crippen molar-refractivity contribution in [2.45, 2.75) is 52.1 Å². The number of nitrogens with zero attached hydrogens (tertiary/aromatic N) is 1. The summed E-state index contributed by atoms with van der Waals surface area (Å²) < 4.78 is 1.17. The average molecular weight is 325 g/mol. The summed E-state index contributed by atoms with van der Waals surface area (Å²) in [4.78, 5) is 2.56. The Morgan fingerprint density at radius 1 is 1.47 bits per heavy atom. The maximum absolute atomic E-state index is 3.61. The van der Waals surface area contributed by atoms with Gasteiger partial charge in [-0.1, -0.05) is 22.9 Å². The first kappa shape index (κ1) is 14.9. The molecule has 0 aromatic heterocycles. The van der Waals surface area contributed by atoms with Crippen LogP contribution in [0.5, 0.6) is 0 Å². The number of halogens is 1. The number of anilines is 1. The quantitative estimate of drug-likeness (QED) is 0.857. The lowest BCUT2D eigenvalue weighted by molar-refractivity contribution is 0.568. The van der Waals surface area contributed by atoms with Crippen molar-refractivity contribution in [1.82, 2.24) is 5.32 Å². The van der Waals surface area contributed by atoms with Gasteiger partial charge < -0.3 is 10.2 Å². The molecule has 2 rings (SSSR count). The molecule has 0 saturated carbocycles. The van der Waals surface area contributed by atoms with E-state index < -0.39 is 0 Å². The SMILES string of the molecule is CCCNC(C)c1cc(Br)ccc1N1CCCC1C. The van der Waals surface area contributed by atoms with E-state index in [4.69, 9.17) is 0 Å².